The van der Waals surface area contributed by atoms with Crippen LogP contribution in [0.2, 0.25) is 20.1 Å². The Morgan fingerprint density at radius 3 is 1.35 bits per heavy atom. The maximum absolute atomic E-state index is 13.0. The Morgan fingerprint density at radius 1 is 0.561 bits per heavy atom. The fraction of sp³-hybridized carbons (Fsp3) is 0.125. The van der Waals surface area contributed by atoms with E-state index in [-0.39, 0.29) is 27.0 Å². The number of aromatic carboxylic acids is 1. The van der Waals surface area contributed by atoms with E-state index in [1.54, 1.807) is 42.6 Å². The van der Waals surface area contributed by atoms with Gasteiger partial charge in [0.05, 0.1) is 70.7 Å². The van der Waals surface area contributed by atoms with Gasteiger partial charge < -0.3 is 29.4 Å². The minimum atomic E-state index is -1.10. The average molecular weight is 849 g/mol. The lowest BCUT2D eigenvalue weighted by molar-refractivity contribution is 0.0698. The predicted molar refractivity (Wildman–Crippen MR) is 220 cm³/mol. The van der Waals surface area contributed by atoms with Crippen molar-refractivity contribution in [2.45, 2.75) is 6.92 Å². The van der Waals surface area contributed by atoms with Crippen LogP contribution >= 0.6 is 46.4 Å². The molecule has 7 rings (SSSR count). The number of pyridine rings is 1. The molecule has 3 aromatic heterocycles. The van der Waals surface area contributed by atoms with E-state index in [1.165, 1.54) is 59.3 Å². The van der Waals surface area contributed by atoms with Crippen LogP contribution in [0.25, 0.3) is 44.3 Å². The number of carbonyl (C=O) groups is 2. The number of aryl methyl sites for hydroxylation is 1. The van der Waals surface area contributed by atoms with Gasteiger partial charge in [0.2, 0.25) is 0 Å². The van der Waals surface area contributed by atoms with Gasteiger partial charge in [-0.25, -0.2) is 9.78 Å². The molecule has 0 atom stereocenters. The fourth-order valence-corrected chi connectivity index (χ4v) is 7.25. The summed E-state index contributed by atoms with van der Waals surface area (Å²) < 4.78 is 21.3. The van der Waals surface area contributed by atoms with Crippen LogP contribution in [0.15, 0.2) is 79.5 Å². The molecule has 4 aromatic carbocycles. The summed E-state index contributed by atoms with van der Waals surface area (Å²) in [6, 6.07) is 13.2. The third-order valence-corrected chi connectivity index (χ3v) is 10.1. The van der Waals surface area contributed by atoms with Crippen LogP contribution in [0, 0.1) is 6.92 Å². The first kappa shape index (κ1) is 40.7. The summed E-state index contributed by atoms with van der Waals surface area (Å²) in [6.07, 6.45) is 7.62. The van der Waals surface area contributed by atoms with Crippen molar-refractivity contribution < 1.29 is 33.6 Å². The summed E-state index contributed by atoms with van der Waals surface area (Å²) in [7, 11) is 5.96. The summed E-state index contributed by atoms with van der Waals surface area (Å²) in [5.74, 6) is 0.510. The molecule has 1 amide bonds. The van der Waals surface area contributed by atoms with Crippen LogP contribution in [0.4, 0.5) is 5.82 Å². The van der Waals surface area contributed by atoms with Crippen LogP contribution in [0.5, 0.6) is 23.0 Å². The maximum atomic E-state index is 13.0. The van der Waals surface area contributed by atoms with Crippen molar-refractivity contribution in [3.8, 4) is 45.3 Å². The minimum absolute atomic E-state index is 0.0361. The molecular formula is C40H30Cl4N6O7. The molecule has 0 unspecified atom stereocenters. The second kappa shape index (κ2) is 17.4. The number of methoxy groups -OCH3 is 4. The van der Waals surface area contributed by atoms with Gasteiger partial charge in [0, 0.05) is 65.4 Å². The Hall–Kier alpha value is -5.99. The number of ether oxygens (including phenoxy) is 4. The van der Waals surface area contributed by atoms with Gasteiger partial charge in [-0.15, -0.1) is 0 Å². The highest BCUT2D eigenvalue weighted by molar-refractivity contribution is 6.42. The largest absolute Gasteiger partial charge is 0.495 e. The summed E-state index contributed by atoms with van der Waals surface area (Å²) in [5, 5.41) is 13.3. The Kier molecular flexibility index (Phi) is 12.4. The van der Waals surface area contributed by atoms with E-state index >= 15 is 0 Å². The van der Waals surface area contributed by atoms with Crippen molar-refractivity contribution in [1.29, 1.82) is 0 Å². The van der Waals surface area contributed by atoms with Gasteiger partial charge in [-0.3, -0.25) is 24.7 Å². The summed E-state index contributed by atoms with van der Waals surface area (Å²) in [4.78, 5) is 45.9. The molecule has 0 saturated heterocycles. The molecule has 57 heavy (non-hydrogen) atoms. The van der Waals surface area contributed by atoms with Crippen molar-refractivity contribution in [2.75, 3.05) is 33.8 Å². The van der Waals surface area contributed by atoms with E-state index < -0.39 is 5.97 Å². The van der Waals surface area contributed by atoms with Gasteiger partial charge >= 0.3 is 5.97 Å². The molecule has 0 spiro atoms. The number of rotatable bonds is 9. The molecule has 2 N–H and O–H groups in total. The first-order valence-electron chi connectivity index (χ1n) is 16.6. The number of nitrogens with zero attached hydrogens (tertiary/aromatic N) is 5. The topological polar surface area (TPSA) is 168 Å². The molecule has 7 aromatic rings. The monoisotopic (exact) mass is 846 g/mol. The number of hydrogen-bond acceptors (Lipinski definition) is 11. The van der Waals surface area contributed by atoms with Crippen LogP contribution in [0.1, 0.15) is 26.3 Å². The second-order valence-corrected chi connectivity index (χ2v) is 13.4. The average Bonchev–Trinajstić information content (AvgIpc) is 3.22. The minimum Gasteiger partial charge on any atom is -0.495 e. The number of nitrogens with one attached hydrogen (secondary N) is 1. The first-order chi connectivity index (χ1) is 27.4. The van der Waals surface area contributed by atoms with E-state index in [1.807, 2.05) is 13.0 Å². The molecule has 0 aliphatic carbocycles. The highest BCUT2D eigenvalue weighted by Gasteiger charge is 2.25. The summed E-state index contributed by atoms with van der Waals surface area (Å²) >= 11 is 26.1. The standard InChI is InChI=1S/C23H18Cl2N4O3.C17H12Cl2N2O4/c1-12-4-7-17(28-11-12)29-23(30)14-6-5-13(21-22(14)27-9-8-26-21)18-19(24)15(31-2)10-16(32-3)20(18)25;1-24-10-7-11(25-2)14(19)12(13(10)18)8-3-4-9(17(22)23)16-15(8)20-5-6-21-16/h4-11H,1-3H3,(H,28,29,30);3-7H,1-2H3,(H,22,23). The molecule has 0 bridgehead atoms. The highest BCUT2D eigenvalue weighted by Crippen LogP contribution is 2.49. The van der Waals surface area contributed by atoms with Crippen LogP contribution in [-0.4, -0.2) is 70.3 Å². The smallest absolute Gasteiger partial charge is 0.337 e. The molecule has 3 heterocycles. The van der Waals surface area contributed by atoms with Crippen molar-refractivity contribution in [1.82, 2.24) is 24.9 Å². The number of anilines is 1. The van der Waals surface area contributed by atoms with Crippen molar-refractivity contribution in [2.24, 2.45) is 0 Å². The molecule has 0 fully saturated rings. The Labute approximate surface area is 345 Å². The Balaban J connectivity index is 0.000000199. The lowest BCUT2D eigenvalue weighted by atomic mass is 9.99. The molecule has 290 valence electrons. The molecule has 0 aliphatic heterocycles. The zero-order valence-electron chi connectivity index (χ0n) is 30.7. The number of halogens is 4. The Bertz CT molecular complexity index is 2630. The number of amides is 1. The lowest BCUT2D eigenvalue weighted by Gasteiger charge is -2.16. The highest BCUT2D eigenvalue weighted by atomic mass is 35.5. The second-order valence-electron chi connectivity index (χ2n) is 11.9. The number of carboxylic acids is 1. The number of carbonyl (C=O) groups excluding carboxylic acids is 1. The Morgan fingerprint density at radius 2 is 0.965 bits per heavy atom. The van der Waals surface area contributed by atoms with Crippen molar-refractivity contribution in [3.63, 3.8) is 0 Å². The van der Waals surface area contributed by atoms with Gasteiger partial charge in [-0.2, -0.15) is 0 Å². The number of aromatic nitrogens is 5. The van der Waals surface area contributed by atoms with E-state index in [0.29, 0.717) is 83.2 Å². The number of fused-ring (bicyclic) bond motifs is 2. The van der Waals surface area contributed by atoms with Crippen LogP contribution in [-0.2, 0) is 0 Å². The number of benzene rings is 4. The lowest BCUT2D eigenvalue weighted by Crippen LogP contribution is -2.14. The van der Waals surface area contributed by atoms with Crippen molar-refractivity contribution >= 4 is 86.2 Å². The number of carboxylic acid groups (broad SMARTS) is 1. The van der Waals surface area contributed by atoms with Crippen molar-refractivity contribution in [3.05, 3.63) is 116 Å². The van der Waals surface area contributed by atoms with Gasteiger partial charge in [0.15, 0.2) is 0 Å². The maximum Gasteiger partial charge on any atom is 0.337 e. The van der Waals surface area contributed by atoms with E-state index in [2.05, 4.69) is 30.2 Å². The summed E-state index contributed by atoms with van der Waals surface area (Å²) in [6.45, 7) is 1.92. The first-order valence-corrected chi connectivity index (χ1v) is 18.1. The SMILES string of the molecule is COc1cc(OC)c(Cl)c(-c2ccc(C(=O)Nc3ccc(C)cn3)c3nccnc23)c1Cl.COc1cc(OC)c(Cl)c(-c2ccc(C(=O)O)c3nccnc23)c1Cl. The van der Waals surface area contributed by atoms with Gasteiger partial charge in [0.25, 0.3) is 5.91 Å². The summed E-state index contributed by atoms with van der Waals surface area (Å²) in [5.41, 5.74) is 4.83. The zero-order valence-corrected chi connectivity index (χ0v) is 33.7. The van der Waals surface area contributed by atoms with Crippen LogP contribution in [0.3, 0.4) is 0 Å². The fourth-order valence-electron chi connectivity index (χ4n) is 5.84. The third-order valence-electron chi connectivity index (χ3n) is 8.56. The zero-order chi connectivity index (χ0) is 41.0. The van der Waals surface area contributed by atoms with E-state index in [4.69, 9.17) is 65.4 Å². The van der Waals surface area contributed by atoms with E-state index in [0.717, 1.165) is 5.56 Å². The quantitative estimate of drug-likeness (QED) is 0.141. The molecular weight excluding hydrogens is 818 g/mol. The molecule has 0 radical (unpaired) electrons. The van der Waals surface area contributed by atoms with E-state index in [9.17, 15) is 14.7 Å². The number of hydrogen-bond donors (Lipinski definition) is 2. The molecule has 0 aliphatic rings. The van der Waals surface area contributed by atoms with Gasteiger partial charge in [0.1, 0.15) is 39.8 Å². The van der Waals surface area contributed by atoms with Gasteiger partial charge in [-0.05, 0) is 30.7 Å². The molecule has 0 saturated carbocycles. The molecule has 17 heteroatoms. The third kappa shape index (κ3) is 8.00. The predicted octanol–water partition coefficient (Wildman–Crippen LogP) is 9.90. The normalized spacial score (nSPS) is 10.8. The molecule has 13 nitrogen and oxygen atoms in total. The van der Waals surface area contributed by atoms with Gasteiger partial charge in [-0.1, -0.05) is 64.6 Å². The van der Waals surface area contributed by atoms with Crippen LogP contribution < -0.4 is 24.3 Å².